The standard InChI is InChI=1S/C26H24FNO5/c1-32-24-10-7-18(14-25(29)30)13-21(24)19-8-9-23(27)22-15-28(12-11-20(19)22)26(31)33-16-17-5-3-2-4-6-17/h2-10,13H,11-12,14-16H2,1H3,(H,29,30). The predicted octanol–water partition coefficient (Wildman–Crippen LogP) is 4.82. The third-order valence-corrected chi connectivity index (χ3v) is 5.73. The Morgan fingerprint density at radius 2 is 1.79 bits per heavy atom. The van der Waals surface area contributed by atoms with Crippen LogP contribution < -0.4 is 4.74 Å². The van der Waals surface area contributed by atoms with Gasteiger partial charge >= 0.3 is 12.1 Å². The van der Waals surface area contributed by atoms with Crippen molar-refractivity contribution in [3.63, 3.8) is 0 Å². The van der Waals surface area contributed by atoms with E-state index in [9.17, 15) is 14.0 Å². The Labute approximate surface area is 191 Å². The summed E-state index contributed by atoms with van der Waals surface area (Å²) in [6.07, 6.45) is -0.174. The number of halogens is 1. The van der Waals surface area contributed by atoms with Crippen molar-refractivity contribution in [2.45, 2.75) is 26.0 Å². The van der Waals surface area contributed by atoms with Gasteiger partial charge in [0, 0.05) is 17.7 Å². The summed E-state index contributed by atoms with van der Waals surface area (Å²) in [6.45, 7) is 0.632. The maximum absolute atomic E-state index is 14.8. The molecule has 1 aliphatic rings. The van der Waals surface area contributed by atoms with Crippen LogP contribution in [0.25, 0.3) is 11.1 Å². The van der Waals surface area contributed by atoms with E-state index in [1.807, 2.05) is 30.3 Å². The maximum Gasteiger partial charge on any atom is 0.410 e. The molecule has 33 heavy (non-hydrogen) atoms. The first-order chi connectivity index (χ1) is 16.0. The topological polar surface area (TPSA) is 76.1 Å². The molecule has 0 saturated carbocycles. The second-order valence-electron chi connectivity index (χ2n) is 7.87. The molecule has 0 unspecified atom stereocenters. The Balaban J connectivity index is 1.60. The van der Waals surface area contributed by atoms with Gasteiger partial charge in [-0.3, -0.25) is 4.79 Å². The van der Waals surface area contributed by atoms with E-state index in [1.165, 1.54) is 18.1 Å². The molecular formula is C26H24FNO5. The first kappa shape index (κ1) is 22.3. The Morgan fingerprint density at radius 1 is 1.00 bits per heavy atom. The lowest BCUT2D eigenvalue weighted by Crippen LogP contribution is -2.37. The molecule has 0 saturated heterocycles. The number of hydrogen-bond acceptors (Lipinski definition) is 4. The molecule has 0 radical (unpaired) electrons. The minimum absolute atomic E-state index is 0.0970. The van der Waals surface area contributed by atoms with Crippen LogP contribution in [0.15, 0.2) is 60.7 Å². The molecule has 0 atom stereocenters. The van der Waals surface area contributed by atoms with Gasteiger partial charge in [-0.1, -0.05) is 42.5 Å². The van der Waals surface area contributed by atoms with Gasteiger partial charge in [0.25, 0.3) is 0 Å². The van der Waals surface area contributed by atoms with Gasteiger partial charge in [-0.2, -0.15) is 0 Å². The lowest BCUT2D eigenvalue weighted by Gasteiger charge is -2.30. The minimum Gasteiger partial charge on any atom is -0.496 e. The number of benzene rings is 3. The van der Waals surface area contributed by atoms with Crippen LogP contribution in [0.5, 0.6) is 5.75 Å². The fourth-order valence-corrected chi connectivity index (χ4v) is 4.11. The second-order valence-corrected chi connectivity index (χ2v) is 7.87. The number of amides is 1. The number of carbonyl (C=O) groups is 2. The number of rotatable bonds is 6. The molecule has 3 aromatic rings. The summed E-state index contributed by atoms with van der Waals surface area (Å²) in [6, 6.07) is 17.6. The van der Waals surface area contributed by atoms with E-state index >= 15 is 0 Å². The van der Waals surface area contributed by atoms with Crippen molar-refractivity contribution in [1.82, 2.24) is 4.90 Å². The minimum atomic E-state index is -0.933. The Kier molecular flexibility index (Phi) is 6.58. The zero-order valence-corrected chi connectivity index (χ0v) is 18.2. The van der Waals surface area contributed by atoms with Crippen LogP contribution in [0.1, 0.15) is 22.3 Å². The van der Waals surface area contributed by atoms with Crippen molar-refractivity contribution in [2.75, 3.05) is 13.7 Å². The molecule has 0 aliphatic carbocycles. The molecule has 170 valence electrons. The summed E-state index contributed by atoms with van der Waals surface area (Å²) in [5.41, 5.74) is 4.19. The number of fused-ring (bicyclic) bond motifs is 1. The number of hydrogen-bond donors (Lipinski definition) is 1. The summed E-state index contributed by atoms with van der Waals surface area (Å²) >= 11 is 0. The highest BCUT2D eigenvalue weighted by atomic mass is 19.1. The van der Waals surface area contributed by atoms with Crippen molar-refractivity contribution in [2.24, 2.45) is 0 Å². The number of carboxylic acid groups (broad SMARTS) is 1. The average molecular weight is 449 g/mol. The molecule has 1 N–H and O–H groups in total. The fourth-order valence-electron chi connectivity index (χ4n) is 4.11. The van der Waals surface area contributed by atoms with Gasteiger partial charge in [-0.15, -0.1) is 0 Å². The van der Waals surface area contributed by atoms with Crippen LogP contribution >= 0.6 is 0 Å². The normalized spacial score (nSPS) is 12.7. The van der Waals surface area contributed by atoms with Crippen LogP contribution in [0, 0.1) is 5.82 Å². The quantitative estimate of drug-likeness (QED) is 0.584. The van der Waals surface area contributed by atoms with E-state index in [0.717, 1.165) is 16.7 Å². The van der Waals surface area contributed by atoms with E-state index in [0.29, 0.717) is 35.4 Å². The molecule has 6 nitrogen and oxygen atoms in total. The molecule has 0 fully saturated rings. The maximum atomic E-state index is 14.8. The average Bonchev–Trinajstić information content (AvgIpc) is 2.83. The first-order valence-electron chi connectivity index (χ1n) is 10.6. The monoisotopic (exact) mass is 449 g/mol. The number of carboxylic acids is 1. The number of ether oxygens (including phenoxy) is 2. The lowest BCUT2D eigenvalue weighted by atomic mass is 9.89. The molecule has 0 spiro atoms. The molecular weight excluding hydrogens is 425 g/mol. The molecule has 0 aromatic heterocycles. The zero-order chi connectivity index (χ0) is 23.4. The van der Waals surface area contributed by atoms with Gasteiger partial charge in [-0.25, -0.2) is 9.18 Å². The third kappa shape index (κ3) is 4.98. The van der Waals surface area contributed by atoms with Crippen molar-refractivity contribution in [3.05, 3.63) is 88.7 Å². The summed E-state index contributed by atoms with van der Waals surface area (Å²) in [5.74, 6) is -0.755. The highest BCUT2D eigenvalue weighted by Crippen LogP contribution is 2.37. The molecule has 1 aliphatic heterocycles. The molecule has 4 rings (SSSR count). The summed E-state index contributed by atoms with van der Waals surface area (Å²) in [5, 5.41) is 9.15. The van der Waals surface area contributed by atoms with Crippen LogP contribution in [0.2, 0.25) is 0 Å². The largest absolute Gasteiger partial charge is 0.496 e. The van der Waals surface area contributed by atoms with E-state index in [2.05, 4.69) is 0 Å². The van der Waals surface area contributed by atoms with Gasteiger partial charge in [0.1, 0.15) is 18.2 Å². The second kappa shape index (κ2) is 9.73. The van der Waals surface area contributed by atoms with Crippen LogP contribution in [-0.2, 0) is 35.5 Å². The van der Waals surface area contributed by atoms with Gasteiger partial charge < -0.3 is 19.5 Å². The van der Waals surface area contributed by atoms with Crippen LogP contribution in [0.4, 0.5) is 9.18 Å². The number of carbonyl (C=O) groups excluding carboxylic acids is 1. The Hall–Kier alpha value is -3.87. The van der Waals surface area contributed by atoms with Gasteiger partial charge in [0.05, 0.1) is 20.1 Å². The predicted molar refractivity (Wildman–Crippen MR) is 120 cm³/mol. The van der Waals surface area contributed by atoms with Crippen molar-refractivity contribution in [1.29, 1.82) is 0 Å². The Bertz CT molecular complexity index is 1180. The van der Waals surface area contributed by atoms with Gasteiger partial charge in [-0.05, 0) is 46.9 Å². The summed E-state index contributed by atoms with van der Waals surface area (Å²) in [4.78, 5) is 25.3. The number of aliphatic carboxylic acids is 1. The van der Waals surface area contributed by atoms with Crippen molar-refractivity contribution in [3.8, 4) is 16.9 Å². The highest BCUT2D eigenvalue weighted by Gasteiger charge is 2.27. The molecule has 1 heterocycles. The molecule has 0 bridgehead atoms. The van der Waals surface area contributed by atoms with E-state index in [1.54, 1.807) is 24.3 Å². The molecule has 3 aromatic carbocycles. The fraction of sp³-hybridized carbons (Fsp3) is 0.231. The summed E-state index contributed by atoms with van der Waals surface area (Å²) in [7, 11) is 1.54. The van der Waals surface area contributed by atoms with Crippen molar-refractivity contribution < 1.29 is 28.6 Å². The molecule has 1 amide bonds. The highest BCUT2D eigenvalue weighted by molar-refractivity contribution is 5.78. The van der Waals surface area contributed by atoms with Crippen LogP contribution in [-0.4, -0.2) is 35.7 Å². The SMILES string of the molecule is COc1ccc(CC(=O)O)cc1-c1ccc(F)c2c1CCN(C(=O)OCc1ccccc1)C2. The lowest BCUT2D eigenvalue weighted by molar-refractivity contribution is -0.136. The number of nitrogens with zero attached hydrogens (tertiary/aromatic N) is 1. The number of methoxy groups -OCH3 is 1. The first-order valence-corrected chi connectivity index (χ1v) is 10.6. The third-order valence-electron chi connectivity index (χ3n) is 5.73. The summed E-state index contributed by atoms with van der Waals surface area (Å²) < 4.78 is 25.7. The van der Waals surface area contributed by atoms with E-state index in [-0.39, 0.29) is 19.6 Å². The van der Waals surface area contributed by atoms with Gasteiger partial charge in [0.2, 0.25) is 0 Å². The Morgan fingerprint density at radius 3 is 2.52 bits per heavy atom. The zero-order valence-electron chi connectivity index (χ0n) is 18.2. The van der Waals surface area contributed by atoms with Crippen molar-refractivity contribution >= 4 is 12.1 Å². The van der Waals surface area contributed by atoms with E-state index < -0.39 is 17.9 Å². The molecule has 7 heteroatoms. The van der Waals surface area contributed by atoms with E-state index in [4.69, 9.17) is 14.6 Å². The smallest absolute Gasteiger partial charge is 0.410 e. The van der Waals surface area contributed by atoms with Gasteiger partial charge in [0.15, 0.2) is 0 Å². The van der Waals surface area contributed by atoms with Crippen LogP contribution in [0.3, 0.4) is 0 Å².